The van der Waals surface area contributed by atoms with Gasteiger partial charge in [0, 0.05) is 10.9 Å². The third-order valence-electron chi connectivity index (χ3n) is 3.09. The van der Waals surface area contributed by atoms with E-state index in [0.717, 1.165) is 22.9 Å². The predicted octanol–water partition coefficient (Wildman–Crippen LogP) is 3.61. The van der Waals surface area contributed by atoms with Crippen LogP contribution in [-0.2, 0) is 0 Å². The molecule has 0 radical (unpaired) electrons. The minimum Gasteiger partial charge on any atom is -0.310 e. The minimum atomic E-state index is -0.106. The normalized spacial score (nSPS) is 17.4. The van der Waals surface area contributed by atoms with Gasteiger partial charge in [-0.05, 0) is 56.2 Å². The van der Waals surface area contributed by atoms with Crippen molar-refractivity contribution in [2.24, 2.45) is 5.92 Å². The zero-order valence-electron chi connectivity index (χ0n) is 9.79. The third-order valence-corrected chi connectivity index (χ3v) is 3.86. The van der Waals surface area contributed by atoms with E-state index in [4.69, 9.17) is 0 Å². The van der Waals surface area contributed by atoms with Crippen LogP contribution in [0.3, 0.4) is 0 Å². The van der Waals surface area contributed by atoms with E-state index in [2.05, 4.69) is 12.2 Å². The van der Waals surface area contributed by atoms with Crippen molar-refractivity contribution in [3.05, 3.63) is 29.6 Å². The summed E-state index contributed by atoms with van der Waals surface area (Å²) in [5.74, 6) is 0.753. The smallest absolute Gasteiger partial charge is 0.137 e. The highest BCUT2D eigenvalue weighted by molar-refractivity contribution is 7.98. The first-order valence-electron chi connectivity index (χ1n) is 5.77. The van der Waals surface area contributed by atoms with Gasteiger partial charge < -0.3 is 5.32 Å². The van der Waals surface area contributed by atoms with Crippen LogP contribution in [-0.4, -0.2) is 12.8 Å². The maximum Gasteiger partial charge on any atom is 0.137 e. The summed E-state index contributed by atoms with van der Waals surface area (Å²) in [6.07, 6.45) is 4.59. The molecule has 1 fully saturated rings. The van der Waals surface area contributed by atoms with Crippen LogP contribution in [0.25, 0.3) is 0 Å². The van der Waals surface area contributed by atoms with Crippen LogP contribution >= 0.6 is 11.8 Å². The SMILES string of the molecule is CSc1ccc(C(C)NCC2CC2)cc1F. The van der Waals surface area contributed by atoms with Gasteiger partial charge in [-0.15, -0.1) is 11.8 Å². The van der Waals surface area contributed by atoms with Crippen molar-refractivity contribution in [2.45, 2.75) is 30.7 Å². The Morgan fingerprint density at radius 2 is 2.25 bits per heavy atom. The van der Waals surface area contributed by atoms with Crippen LogP contribution < -0.4 is 5.32 Å². The van der Waals surface area contributed by atoms with Gasteiger partial charge in [0.25, 0.3) is 0 Å². The van der Waals surface area contributed by atoms with Gasteiger partial charge >= 0.3 is 0 Å². The first-order valence-corrected chi connectivity index (χ1v) is 7.00. The molecule has 1 aliphatic carbocycles. The van der Waals surface area contributed by atoms with E-state index >= 15 is 0 Å². The number of hydrogen-bond acceptors (Lipinski definition) is 2. The molecular weight excluding hydrogens is 221 g/mol. The summed E-state index contributed by atoms with van der Waals surface area (Å²) in [6, 6.07) is 5.77. The number of benzene rings is 1. The fraction of sp³-hybridized carbons (Fsp3) is 0.538. The second-order valence-electron chi connectivity index (χ2n) is 4.47. The highest BCUT2D eigenvalue weighted by atomic mass is 32.2. The Balaban J connectivity index is 1.98. The summed E-state index contributed by atoms with van der Waals surface area (Å²) in [5, 5.41) is 3.45. The lowest BCUT2D eigenvalue weighted by Crippen LogP contribution is -2.21. The van der Waals surface area contributed by atoms with E-state index in [1.165, 1.54) is 24.6 Å². The molecule has 0 aromatic heterocycles. The summed E-state index contributed by atoms with van der Waals surface area (Å²) in [4.78, 5) is 0.721. The summed E-state index contributed by atoms with van der Waals surface area (Å²) in [6.45, 7) is 3.16. The Bertz CT molecular complexity index is 363. The standard InChI is InChI=1S/C13H18FNS/c1-9(15-8-10-3-4-10)11-5-6-13(16-2)12(14)7-11/h5-7,9-10,15H,3-4,8H2,1-2H3. The zero-order valence-corrected chi connectivity index (χ0v) is 10.6. The predicted molar refractivity (Wildman–Crippen MR) is 67.3 cm³/mol. The summed E-state index contributed by atoms with van der Waals surface area (Å²) in [7, 11) is 0. The van der Waals surface area contributed by atoms with E-state index in [1.54, 1.807) is 6.07 Å². The topological polar surface area (TPSA) is 12.0 Å². The molecule has 0 amide bonds. The highest BCUT2D eigenvalue weighted by Crippen LogP contribution is 2.29. The Labute approximate surface area is 101 Å². The lowest BCUT2D eigenvalue weighted by molar-refractivity contribution is 0.540. The molecule has 2 rings (SSSR count). The van der Waals surface area contributed by atoms with Crippen LogP contribution in [0.4, 0.5) is 4.39 Å². The lowest BCUT2D eigenvalue weighted by Gasteiger charge is -2.14. The molecule has 1 N–H and O–H groups in total. The molecule has 1 saturated carbocycles. The van der Waals surface area contributed by atoms with Crippen molar-refractivity contribution < 1.29 is 4.39 Å². The van der Waals surface area contributed by atoms with Crippen LogP contribution in [0.2, 0.25) is 0 Å². The average molecular weight is 239 g/mol. The molecular formula is C13H18FNS. The Morgan fingerprint density at radius 1 is 1.50 bits per heavy atom. The van der Waals surface area contributed by atoms with Gasteiger partial charge in [-0.2, -0.15) is 0 Å². The monoisotopic (exact) mass is 239 g/mol. The summed E-state index contributed by atoms with van der Waals surface area (Å²) >= 11 is 1.45. The molecule has 1 aliphatic rings. The molecule has 0 bridgehead atoms. The fourth-order valence-corrected chi connectivity index (χ4v) is 2.19. The van der Waals surface area contributed by atoms with E-state index in [1.807, 2.05) is 18.4 Å². The Hall–Kier alpha value is -0.540. The first kappa shape index (κ1) is 11.9. The summed E-state index contributed by atoms with van der Waals surface area (Å²) < 4.78 is 13.6. The number of halogens is 1. The molecule has 1 aromatic rings. The molecule has 0 heterocycles. The van der Waals surface area contributed by atoms with Crippen LogP contribution in [0.15, 0.2) is 23.1 Å². The molecule has 88 valence electrons. The van der Waals surface area contributed by atoms with Gasteiger partial charge in [-0.1, -0.05) is 6.07 Å². The molecule has 0 aliphatic heterocycles. The number of nitrogens with one attached hydrogen (secondary N) is 1. The van der Waals surface area contributed by atoms with Crippen LogP contribution in [0.1, 0.15) is 31.4 Å². The lowest BCUT2D eigenvalue weighted by atomic mass is 10.1. The van der Waals surface area contributed by atoms with Crippen molar-refractivity contribution in [1.29, 1.82) is 0 Å². The second kappa shape index (κ2) is 5.19. The fourth-order valence-electron chi connectivity index (χ4n) is 1.74. The van der Waals surface area contributed by atoms with Crippen LogP contribution in [0, 0.1) is 11.7 Å². The minimum absolute atomic E-state index is 0.106. The quantitative estimate of drug-likeness (QED) is 0.788. The molecule has 3 heteroatoms. The Morgan fingerprint density at radius 3 is 2.81 bits per heavy atom. The van der Waals surface area contributed by atoms with Gasteiger partial charge in [0.05, 0.1) is 0 Å². The molecule has 0 saturated heterocycles. The van der Waals surface area contributed by atoms with Crippen molar-refractivity contribution >= 4 is 11.8 Å². The van der Waals surface area contributed by atoms with Crippen molar-refractivity contribution in [3.8, 4) is 0 Å². The van der Waals surface area contributed by atoms with Gasteiger partial charge in [-0.25, -0.2) is 4.39 Å². The van der Waals surface area contributed by atoms with Crippen molar-refractivity contribution in [1.82, 2.24) is 5.32 Å². The van der Waals surface area contributed by atoms with Gasteiger partial charge in [-0.3, -0.25) is 0 Å². The first-order chi connectivity index (χ1) is 7.70. The Kier molecular flexibility index (Phi) is 3.87. The van der Waals surface area contributed by atoms with Crippen molar-refractivity contribution in [3.63, 3.8) is 0 Å². The van der Waals surface area contributed by atoms with Gasteiger partial charge in [0.2, 0.25) is 0 Å². The van der Waals surface area contributed by atoms with Gasteiger partial charge in [0.15, 0.2) is 0 Å². The molecule has 1 nitrogen and oxygen atoms in total. The third kappa shape index (κ3) is 2.98. The molecule has 0 spiro atoms. The van der Waals surface area contributed by atoms with E-state index in [-0.39, 0.29) is 11.9 Å². The average Bonchev–Trinajstić information content (AvgIpc) is 3.09. The van der Waals surface area contributed by atoms with E-state index < -0.39 is 0 Å². The van der Waals surface area contributed by atoms with Gasteiger partial charge in [0.1, 0.15) is 5.82 Å². The molecule has 1 aromatic carbocycles. The number of thioether (sulfide) groups is 1. The van der Waals surface area contributed by atoms with Crippen molar-refractivity contribution in [2.75, 3.05) is 12.8 Å². The second-order valence-corrected chi connectivity index (χ2v) is 5.32. The molecule has 16 heavy (non-hydrogen) atoms. The number of rotatable bonds is 5. The highest BCUT2D eigenvalue weighted by Gasteiger charge is 2.21. The largest absolute Gasteiger partial charge is 0.310 e. The summed E-state index contributed by atoms with van der Waals surface area (Å²) in [5.41, 5.74) is 1.04. The van der Waals surface area contributed by atoms with E-state index in [0.29, 0.717) is 0 Å². The molecule has 1 atom stereocenters. The zero-order chi connectivity index (χ0) is 11.5. The number of hydrogen-bond donors (Lipinski definition) is 1. The molecule has 1 unspecified atom stereocenters. The van der Waals surface area contributed by atoms with E-state index in [9.17, 15) is 4.39 Å². The maximum absolute atomic E-state index is 13.6. The van der Waals surface area contributed by atoms with Crippen LogP contribution in [0.5, 0.6) is 0 Å². The maximum atomic E-state index is 13.6.